The molecule has 0 N–H and O–H groups in total. The van der Waals surface area contributed by atoms with E-state index < -0.39 is 0 Å². The Balaban J connectivity index is 2.55. The van der Waals surface area contributed by atoms with Gasteiger partial charge in [0.1, 0.15) is 0 Å². The Morgan fingerprint density at radius 2 is 2.07 bits per heavy atom. The molecular weight excluding hydrogens is 244 g/mol. The molecule has 0 aliphatic carbocycles. The number of aromatic nitrogens is 2. The normalized spacial score (nSPS) is 10.5. The van der Waals surface area contributed by atoms with Gasteiger partial charge in [0, 0.05) is 5.56 Å². The molecule has 0 unspecified atom stereocenters. The first-order chi connectivity index (χ1) is 6.66. The molecule has 2 aromatic rings. The van der Waals surface area contributed by atoms with Crippen molar-refractivity contribution in [2.45, 2.75) is 13.8 Å². The van der Waals surface area contributed by atoms with Crippen LogP contribution < -0.4 is 0 Å². The van der Waals surface area contributed by atoms with Crippen molar-refractivity contribution < 1.29 is 4.52 Å². The average molecular weight is 253 g/mol. The molecule has 72 valence electrons. The first-order valence-corrected chi connectivity index (χ1v) is 5.03. The maximum atomic E-state index is 5.08. The smallest absolute Gasteiger partial charge is 0.258 e. The van der Waals surface area contributed by atoms with Gasteiger partial charge in [-0.25, -0.2) is 0 Å². The lowest BCUT2D eigenvalue weighted by atomic mass is 10.1. The third-order valence-corrected chi connectivity index (χ3v) is 2.35. The van der Waals surface area contributed by atoms with Crippen LogP contribution in [0.5, 0.6) is 0 Å². The van der Waals surface area contributed by atoms with E-state index in [1.165, 1.54) is 5.56 Å². The second-order valence-electron chi connectivity index (χ2n) is 3.19. The standard InChI is InChI=1S/C10H9BrN2O/c1-6-3-4-7(2)8(5-6)9-12-10(11)13-14-9/h3-5H,1-2H3. The summed E-state index contributed by atoms with van der Waals surface area (Å²) in [6, 6.07) is 6.14. The second kappa shape index (κ2) is 3.53. The lowest BCUT2D eigenvalue weighted by Gasteiger charge is -2.00. The molecule has 0 radical (unpaired) electrons. The van der Waals surface area contributed by atoms with Gasteiger partial charge in [-0.2, -0.15) is 4.98 Å². The van der Waals surface area contributed by atoms with Crippen molar-refractivity contribution in [3.05, 3.63) is 34.1 Å². The van der Waals surface area contributed by atoms with Gasteiger partial charge in [-0.05, 0) is 46.6 Å². The van der Waals surface area contributed by atoms with Gasteiger partial charge in [0.15, 0.2) is 0 Å². The molecule has 0 spiro atoms. The Morgan fingerprint density at radius 3 is 2.71 bits per heavy atom. The van der Waals surface area contributed by atoms with Gasteiger partial charge in [-0.15, -0.1) is 0 Å². The summed E-state index contributed by atoms with van der Waals surface area (Å²) in [7, 11) is 0. The highest BCUT2D eigenvalue weighted by Crippen LogP contribution is 2.23. The SMILES string of the molecule is Cc1ccc(C)c(-c2nc(Br)no2)c1. The summed E-state index contributed by atoms with van der Waals surface area (Å²) in [5.74, 6) is 0.554. The molecule has 0 fully saturated rings. The van der Waals surface area contributed by atoms with Crippen LogP contribution in [0.1, 0.15) is 11.1 Å². The average Bonchev–Trinajstić information content (AvgIpc) is 2.56. The lowest BCUT2D eigenvalue weighted by molar-refractivity contribution is 0.426. The highest BCUT2D eigenvalue weighted by Gasteiger charge is 2.09. The maximum absolute atomic E-state index is 5.08. The van der Waals surface area contributed by atoms with E-state index in [0.29, 0.717) is 10.6 Å². The minimum atomic E-state index is 0.480. The molecule has 0 amide bonds. The van der Waals surface area contributed by atoms with Crippen LogP contribution in [0.25, 0.3) is 11.5 Å². The summed E-state index contributed by atoms with van der Waals surface area (Å²) in [5, 5.41) is 3.69. The highest BCUT2D eigenvalue weighted by atomic mass is 79.9. The van der Waals surface area contributed by atoms with Crippen LogP contribution in [0.15, 0.2) is 27.5 Å². The van der Waals surface area contributed by atoms with Crippen molar-refractivity contribution in [2.75, 3.05) is 0 Å². The zero-order chi connectivity index (χ0) is 10.1. The monoisotopic (exact) mass is 252 g/mol. The molecule has 0 bridgehead atoms. The number of rotatable bonds is 1. The molecule has 1 aromatic carbocycles. The van der Waals surface area contributed by atoms with E-state index in [1.54, 1.807) is 0 Å². The molecule has 4 heteroatoms. The maximum Gasteiger partial charge on any atom is 0.258 e. The molecule has 3 nitrogen and oxygen atoms in total. The Labute approximate surface area is 90.3 Å². The van der Waals surface area contributed by atoms with Gasteiger partial charge >= 0.3 is 0 Å². The Kier molecular flexibility index (Phi) is 2.37. The van der Waals surface area contributed by atoms with Gasteiger partial charge in [0.25, 0.3) is 5.89 Å². The molecule has 2 rings (SSSR count). The van der Waals surface area contributed by atoms with Crippen LogP contribution in [0.3, 0.4) is 0 Å². The van der Waals surface area contributed by atoms with Gasteiger partial charge in [-0.3, -0.25) is 0 Å². The molecule has 14 heavy (non-hydrogen) atoms. The molecule has 0 aliphatic heterocycles. The molecule has 1 heterocycles. The number of hydrogen-bond donors (Lipinski definition) is 0. The van der Waals surface area contributed by atoms with Gasteiger partial charge in [0.2, 0.25) is 4.73 Å². The lowest BCUT2D eigenvalue weighted by Crippen LogP contribution is -1.84. The summed E-state index contributed by atoms with van der Waals surface area (Å²) in [4.78, 5) is 4.12. The number of hydrogen-bond acceptors (Lipinski definition) is 3. The van der Waals surface area contributed by atoms with Crippen molar-refractivity contribution in [3.63, 3.8) is 0 Å². The van der Waals surface area contributed by atoms with E-state index in [1.807, 2.05) is 26.0 Å². The summed E-state index contributed by atoms with van der Waals surface area (Å²) in [6.07, 6.45) is 0. The van der Waals surface area contributed by atoms with E-state index in [2.05, 4.69) is 32.1 Å². The minimum absolute atomic E-state index is 0.480. The molecule has 0 aliphatic rings. The molecule has 1 aromatic heterocycles. The topological polar surface area (TPSA) is 38.9 Å². The van der Waals surface area contributed by atoms with Gasteiger partial charge in [-0.1, -0.05) is 17.7 Å². The molecular formula is C10H9BrN2O. The summed E-state index contributed by atoms with van der Waals surface area (Å²) < 4.78 is 5.56. The summed E-state index contributed by atoms with van der Waals surface area (Å²) in [5.41, 5.74) is 3.30. The fraction of sp³-hybridized carbons (Fsp3) is 0.200. The third kappa shape index (κ3) is 1.70. The Bertz CT molecular complexity index is 465. The van der Waals surface area contributed by atoms with Crippen molar-refractivity contribution in [1.82, 2.24) is 10.1 Å². The van der Waals surface area contributed by atoms with Crippen LogP contribution in [0.2, 0.25) is 0 Å². The van der Waals surface area contributed by atoms with Gasteiger partial charge < -0.3 is 4.52 Å². The van der Waals surface area contributed by atoms with Crippen LogP contribution in [-0.2, 0) is 0 Å². The molecule has 0 saturated heterocycles. The largest absolute Gasteiger partial charge is 0.333 e. The Morgan fingerprint density at radius 1 is 1.29 bits per heavy atom. The van der Waals surface area contributed by atoms with E-state index in [0.717, 1.165) is 11.1 Å². The van der Waals surface area contributed by atoms with Crippen LogP contribution >= 0.6 is 15.9 Å². The number of nitrogens with zero attached hydrogens (tertiary/aromatic N) is 2. The molecule has 0 atom stereocenters. The van der Waals surface area contributed by atoms with E-state index in [-0.39, 0.29) is 0 Å². The van der Waals surface area contributed by atoms with Crippen LogP contribution in [-0.4, -0.2) is 10.1 Å². The third-order valence-electron chi connectivity index (χ3n) is 2.02. The second-order valence-corrected chi connectivity index (χ2v) is 3.90. The first-order valence-electron chi connectivity index (χ1n) is 4.23. The zero-order valence-corrected chi connectivity index (χ0v) is 9.50. The zero-order valence-electron chi connectivity index (χ0n) is 7.91. The number of benzene rings is 1. The van der Waals surface area contributed by atoms with Crippen LogP contribution in [0, 0.1) is 13.8 Å². The molecule has 0 saturated carbocycles. The minimum Gasteiger partial charge on any atom is -0.333 e. The van der Waals surface area contributed by atoms with Crippen LogP contribution in [0.4, 0.5) is 0 Å². The summed E-state index contributed by atoms with van der Waals surface area (Å²) >= 11 is 3.16. The number of halogens is 1. The quantitative estimate of drug-likeness (QED) is 0.783. The summed E-state index contributed by atoms with van der Waals surface area (Å²) in [6.45, 7) is 4.06. The van der Waals surface area contributed by atoms with E-state index >= 15 is 0 Å². The van der Waals surface area contributed by atoms with E-state index in [4.69, 9.17) is 4.52 Å². The van der Waals surface area contributed by atoms with E-state index in [9.17, 15) is 0 Å². The first kappa shape index (κ1) is 9.40. The van der Waals surface area contributed by atoms with Gasteiger partial charge in [0.05, 0.1) is 0 Å². The van der Waals surface area contributed by atoms with Crippen molar-refractivity contribution >= 4 is 15.9 Å². The fourth-order valence-corrected chi connectivity index (χ4v) is 1.51. The van der Waals surface area contributed by atoms with Crippen molar-refractivity contribution in [3.8, 4) is 11.5 Å². The number of aryl methyl sites for hydroxylation is 2. The highest BCUT2D eigenvalue weighted by molar-refractivity contribution is 9.10. The predicted molar refractivity (Wildman–Crippen MR) is 56.9 cm³/mol. The Hall–Kier alpha value is -1.16. The van der Waals surface area contributed by atoms with Crippen molar-refractivity contribution in [2.24, 2.45) is 0 Å². The fourth-order valence-electron chi connectivity index (χ4n) is 1.28. The predicted octanol–water partition coefficient (Wildman–Crippen LogP) is 3.12. The van der Waals surface area contributed by atoms with Crippen molar-refractivity contribution in [1.29, 1.82) is 0 Å².